The standard InChI is InChI=1S/C11H16O2/c1-6-8-9(10(12)13-5)11(3,4)7-2/h1,7,9H,2,8H2,3-5H3. The highest BCUT2D eigenvalue weighted by Gasteiger charge is 2.32. The molecule has 13 heavy (non-hydrogen) atoms. The van der Waals surface area contributed by atoms with E-state index in [1.165, 1.54) is 7.11 Å². The lowest BCUT2D eigenvalue weighted by Crippen LogP contribution is -2.30. The average molecular weight is 180 g/mol. The van der Waals surface area contributed by atoms with E-state index >= 15 is 0 Å². The Hall–Kier alpha value is -1.23. The van der Waals surface area contributed by atoms with Crippen molar-refractivity contribution in [1.82, 2.24) is 0 Å². The number of carbonyl (C=O) groups excluding carboxylic acids is 1. The van der Waals surface area contributed by atoms with E-state index in [1.807, 2.05) is 13.8 Å². The van der Waals surface area contributed by atoms with E-state index in [1.54, 1.807) is 6.08 Å². The molecule has 72 valence electrons. The van der Waals surface area contributed by atoms with Gasteiger partial charge in [0.25, 0.3) is 0 Å². The molecule has 0 aliphatic carbocycles. The third-order valence-corrected chi connectivity index (χ3v) is 2.23. The van der Waals surface area contributed by atoms with E-state index in [0.29, 0.717) is 6.42 Å². The van der Waals surface area contributed by atoms with Crippen LogP contribution in [0.3, 0.4) is 0 Å². The lowest BCUT2D eigenvalue weighted by molar-refractivity contribution is -0.148. The lowest BCUT2D eigenvalue weighted by Gasteiger charge is -2.27. The van der Waals surface area contributed by atoms with E-state index in [4.69, 9.17) is 6.42 Å². The fourth-order valence-corrected chi connectivity index (χ4v) is 1.05. The number of hydrogen-bond donors (Lipinski definition) is 0. The number of carbonyl (C=O) groups is 1. The van der Waals surface area contributed by atoms with Gasteiger partial charge in [0.15, 0.2) is 0 Å². The second-order valence-corrected chi connectivity index (χ2v) is 3.51. The highest BCUT2D eigenvalue weighted by atomic mass is 16.5. The molecule has 1 unspecified atom stereocenters. The minimum Gasteiger partial charge on any atom is -0.469 e. The molecule has 0 radical (unpaired) electrons. The Bertz CT molecular complexity index is 233. The minimum absolute atomic E-state index is 0.275. The molecule has 0 aliphatic rings. The minimum atomic E-state index is -0.320. The number of ether oxygens (including phenoxy) is 1. The van der Waals surface area contributed by atoms with E-state index in [-0.39, 0.29) is 17.3 Å². The summed E-state index contributed by atoms with van der Waals surface area (Å²) < 4.78 is 4.67. The number of methoxy groups -OCH3 is 1. The van der Waals surface area contributed by atoms with Crippen LogP contribution in [0, 0.1) is 23.7 Å². The fraction of sp³-hybridized carbons (Fsp3) is 0.545. The van der Waals surface area contributed by atoms with Gasteiger partial charge in [-0.05, 0) is 5.41 Å². The topological polar surface area (TPSA) is 26.3 Å². The van der Waals surface area contributed by atoms with Gasteiger partial charge in [-0.25, -0.2) is 0 Å². The van der Waals surface area contributed by atoms with Crippen LogP contribution < -0.4 is 0 Å². The van der Waals surface area contributed by atoms with E-state index in [9.17, 15) is 4.79 Å². The molecule has 0 aromatic heterocycles. The van der Waals surface area contributed by atoms with Gasteiger partial charge in [0, 0.05) is 6.42 Å². The largest absolute Gasteiger partial charge is 0.469 e. The van der Waals surface area contributed by atoms with Crippen molar-refractivity contribution in [3.05, 3.63) is 12.7 Å². The zero-order valence-electron chi connectivity index (χ0n) is 8.46. The normalized spacial score (nSPS) is 12.8. The van der Waals surface area contributed by atoms with Crippen LogP contribution in [0.1, 0.15) is 20.3 Å². The number of esters is 1. The van der Waals surface area contributed by atoms with E-state index in [2.05, 4.69) is 17.2 Å². The highest BCUT2D eigenvalue weighted by molar-refractivity contribution is 5.74. The zero-order valence-corrected chi connectivity index (χ0v) is 8.46. The third-order valence-electron chi connectivity index (χ3n) is 2.23. The summed E-state index contributed by atoms with van der Waals surface area (Å²) in [4.78, 5) is 11.3. The number of allylic oxidation sites excluding steroid dienone is 1. The summed E-state index contributed by atoms with van der Waals surface area (Å²) in [7, 11) is 1.37. The molecule has 0 aromatic rings. The summed E-state index contributed by atoms with van der Waals surface area (Å²) in [5.74, 6) is 1.89. The third kappa shape index (κ3) is 2.95. The van der Waals surface area contributed by atoms with Crippen LogP contribution in [0.25, 0.3) is 0 Å². The first-order chi connectivity index (χ1) is 5.99. The molecule has 0 spiro atoms. The Morgan fingerprint density at radius 3 is 2.62 bits per heavy atom. The molecule has 0 fully saturated rings. The van der Waals surface area contributed by atoms with Crippen LogP contribution in [0.5, 0.6) is 0 Å². The maximum atomic E-state index is 11.3. The molecule has 0 aromatic carbocycles. The monoisotopic (exact) mass is 180 g/mol. The first kappa shape index (κ1) is 11.8. The van der Waals surface area contributed by atoms with Crippen molar-refractivity contribution < 1.29 is 9.53 Å². The number of hydrogen-bond acceptors (Lipinski definition) is 2. The van der Waals surface area contributed by atoms with Crippen LogP contribution in [0.2, 0.25) is 0 Å². The quantitative estimate of drug-likeness (QED) is 0.376. The molecule has 0 saturated carbocycles. The summed E-state index contributed by atoms with van der Waals surface area (Å²) in [5, 5.41) is 0. The lowest BCUT2D eigenvalue weighted by atomic mass is 9.77. The van der Waals surface area contributed by atoms with Gasteiger partial charge in [-0.15, -0.1) is 18.9 Å². The molecular weight excluding hydrogens is 164 g/mol. The number of terminal acetylenes is 1. The first-order valence-electron chi connectivity index (χ1n) is 4.14. The van der Waals surface area contributed by atoms with E-state index in [0.717, 1.165) is 0 Å². The Morgan fingerprint density at radius 2 is 2.31 bits per heavy atom. The van der Waals surface area contributed by atoms with Gasteiger partial charge >= 0.3 is 5.97 Å². The highest BCUT2D eigenvalue weighted by Crippen LogP contribution is 2.31. The van der Waals surface area contributed by atoms with Crippen LogP contribution in [0.15, 0.2) is 12.7 Å². The fourth-order valence-electron chi connectivity index (χ4n) is 1.05. The second kappa shape index (κ2) is 4.71. The predicted molar refractivity (Wildman–Crippen MR) is 52.9 cm³/mol. The van der Waals surface area contributed by atoms with Crippen molar-refractivity contribution in [3.63, 3.8) is 0 Å². The van der Waals surface area contributed by atoms with Gasteiger partial charge in [-0.1, -0.05) is 19.9 Å². The predicted octanol–water partition coefficient (Wildman–Crippen LogP) is 2.01. The van der Waals surface area contributed by atoms with Crippen molar-refractivity contribution in [1.29, 1.82) is 0 Å². The van der Waals surface area contributed by atoms with Crippen molar-refractivity contribution in [2.75, 3.05) is 7.11 Å². The Balaban J connectivity index is 4.71. The summed E-state index contributed by atoms with van der Waals surface area (Å²) in [6, 6.07) is 0. The molecule has 1 atom stereocenters. The molecule has 0 amide bonds. The van der Waals surface area contributed by atoms with Crippen LogP contribution >= 0.6 is 0 Å². The smallest absolute Gasteiger partial charge is 0.310 e. The summed E-state index contributed by atoms with van der Waals surface area (Å²) in [6.07, 6.45) is 7.29. The maximum Gasteiger partial charge on any atom is 0.310 e. The average Bonchev–Trinajstić information content (AvgIpc) is 2.12. The molecular formula is C11H16O2. The van der Waals surface area contributed by atoms with Gasteiger partial charge in [-0.3, -0.25) is 4.79 Å². The van der Waals surface area contributed by atoms with Crippen molar-refractivity contribution in [2.24, 2.45) is 11.3 Å². The summed E-state index contributed by atoms with van der Waals surface area (Å²) >= 11 is 0. The Kier molecular flexibility index (Phi) is 4.27. The first-order valence-corrected chi connectivity index (χ1v) is 4.14. The molecule has 0 N–H and O–H groups in total. The van der Waals surface area contributed by atoms with Gasteiger partial charge in [0.2, 0.25) is 0 Å². The Morgan fingerprint density at radius 1 is 1.77 bits per heavy atom. The van der Waals surface area contributed by atoms with Gasteiger partial charge in [-0.2, -0.15) is 0 Å². The molecule has 0 rings (SSSR count). The van der Waals surface area contributed by atoms with Gasteiger partial charge in [0.1, 0.15) is 0 Å². The van der Waals surface area contributed by atoms with Crippen molar-refractivity contribution in [3.8, 4) is 12.3 Å². The summed E-state index contributed by atoms with van der Waals surface area (Å²) in [6.45, 7) is 7.51. The zero-order chi connectivity index (χ0) is 10.5. The molecule has 2 nitrogen and oxygen atoms in total. The molecule has 0 saturated heterocycles. The summed E-state index contributed by atoms with van der Waals surface area (Å²) in [5.41, 5.74) is -0.320. The van der Waals surface area contributed by atoms with Gasteiger partial charge < -0.3 is 4.74 Å². The SMILES string of the molecule is C#CCC(C(=O)OC)C(C)(C)C=C. The van der Waals surface area contributed by atoms with Crippen LogP contribution in [-0.2, 0) is 9.53 Å². The Labute approximate surface area is 80.0 Å². The van der Waals surface area contributed by atoms with E-state index < -0.39 is 0 Å². The maximum absolute atomic E-state index is 11.3. The van der Waals surface area contributed by atoms with Crippen molar-refractivity contribution >= 4 is 5.97 Å². The van der Waals surface area contributed by atoms with Crippen LogP contribution in [-0.4, -0.2) is 13.1 Å². The van der Waals surface area contributed by atoms with Crippen molar-refractivity contribution in [2.45, 2.75) is 20.3 Å². The second-order valence-electron chi connectivity index (χ2n) is 3.51. The molecule has 0 heterocycles. The van der Waals surface area contributed by atoms with Gasteiger partial charge in [0.05, 0.1) is 13.0 Å². The van der Waals surface area contributed by atoms with Crippen LogP contribution in [0.4, 0.5) is 0 Å². The molecule has 0 aliphatic heterocycles. The molecule has 0 bridgehead atoms. The molecule has 2 heteroatoms. The number of rotatable bonds is 4.